The number of carbonyl (C=O) groups is 2. The molecule has 1 unspecified atom stereocenters. The average Bonchev–Trinajstić information content (AvgIpc) is 2.46. The van der Waals surface area contributed by atoms with Gasteiger partial charge in [0, 0.05) is 0 Å². The van der Waals surface area contributed by atoms with Crippen LogP contribution in [0.5, 0.6) is 0 Å². The summed E-state index contributed by atoms with van der Waals surface area (Å²) in [5.41, 5.74) is 0. The molecule has 0 spiro atoms. The van der Waals surface area contributed by atoms with Crippen LogP contribution < -0.4 is 0 Å². The lowest BCUT2D eigenvalue weighted by Crippen LogP contribution is -2.27. The van der Waals surface area contributed by atoms with Gasteiger partial charge in [0.15, 0.2) is 5.92 Å². The van der Waals surface area contributed by atoms with Crippen molar-refractivity contribution in [2.75, 3.05) is 13.2 Å². The minimum Gasteiger partial charge on any atom is -0.465 e. The van der Waals surface area contributed by atoms with E-state index in [-0.39, 0.29) is 0 Å². The zero-order valence-electron chi connectivity index (χ0n) is 12.9. The van der Waals surface area contributed by atoms with Crippen molar-refractivity contribution in [1.82, 2.24) is 0 Å². The Hall–Kier alpha value is -1.06. The van der Waals surface area contributed by atoms with Crippen LogP contribution >= 0.6 is 0 Å². The zero-order chi connectivity index (χ0) is 14.8. The van der Waals surface area contributed by atoms with E-state index in [0.29, 0.717) is 19.6 Å². The summed E-state index contributed by atoms with van der Waals surface area (Å²) in [6.45, 7) is 4.25. The topological polar surface area (TPSA) is 52.6 Å². The third-order valence-corrected chi connectivity index (χ3v) is 3.99. The number of carbonyl (C=O) groups excluding carboxylic acids is 2. The molecule has 0 heterocycles. The van der Waals surface area contributed by atoms with Gasteiger partial charge in [-0.1, -0.05) is 39.0 Å². The molecule has 1 saturated carbocycles. The van der Waals surface area contributed by atoms with Gasteiger partial charge in [-0.3, -0.25) is 9.59 Å². The van der Waals surface area contributed by atoms with Crippen molar-refractivity contribution in [1.29, 1.82) is 0 Å². The number of esters is 2. The summed E-state index contributed by atoms with van der Waals surface area (Å²) >= 11 is 0. The van der Waals surface area contributed by atoms with E-state index in [2.05, 4.69) is 0 Å². The minimum atomic E-state index is -0.760. The molecule has 20 heavy (non-hydrogen) atoms. The third-order valence-electron chi connectivity index (χ3n) is 3.99. The Labute approximate surface area is 122 Å². The SMILES string of the molecule is CCOC(=O)C(CC)C(=O)OCCCC1CCCCC1. The molecule has 1 rings (SSSR count). The Morgan fingerprint density at radius 3 is 2.30 bits per heavy atom. The molecule has 0 aromatic heterocycles. The zero-order valence-corrected chi connectivity index (χ0v) is 12.9. The number of ether oxygens (including phenoxy) is 2. The summed E-state index contributed by atoms with van der Waals surface area (Å²) in [5, 5.41) is 0. The van der Waals surface area contributed by atoms with Crippen LogP contribution in [0.1, 0.15) is 65.2 Å². The molecular formula is C16H28O4. The van der Waals surface area contributed by atoms with Gasteiger partial charge < -0.3 is 9.47 Å². The molecule has 4 nitrogen and oxygen atoms in total. The molecule has 0 aromatic rings. The summed E-state index contributed by atoms with van der Waals surface area (Å²) in [6, 6.07) is 0. The minimum absolute atomic E-state index is 0.296. The monoisotopic (exact) mass is 284 g/mol. The molecule has 1 aliphatic rings. The Morgan fingerprint density at radius 2 is 1.70 bits per heavy atom. The standard InChI is InChI=1S/C16H28O4/c1-3-14(15(17)19-4-2)16(18)20-12-8-11-13-9-6-5-7-10-13/h13-14H,3-12H2,1-2H3. The van der Waals surface area contributed by atoms with Gasteiger partial charge in [0.25, 0.3) is 0 Å². The molecule has 0 amide bonds. The fourth-order valence-electron chi connectivity index (χ4n) is 2.79. The largest absolute Gasteiger partial charge is 0.465 e. The van der Waals surface area contributed by atoms with Gasteiger partial charge in [0.05, 0.1) is 13.2 Å². The smallest absolute Gasteiger partial charge is 0.320 e. The van der Waals surface area contributed by atoms with E-state index in [9.17, 15) is 9.59 Å². The van der Waals surface area contributed by atoms with Crippen molar-refractivity contribution in [3.8, 4) is 0 Å². The van der Waals surface area contributed by atoms with Crippen LogP contribution in [0.25, 0.3) is 0 Å². The quantitative estimate of drug-likeness (QED) is 0.389. The predicted molar refractivity (Wildman–Crippen MR) is 77.2 cm³/mol. The van der Waals surface area contributed by atoms with E-state index in [4.69, 9.17) is 9.47 Å². The van der Waals surface area contributed by atoms with E-state index in [1.165, 1.54) is 32.1 Å². The lowest BCUT2D eigenvalue weighted by atomic mass is 9.86. The summed E-state index contributed by atoms with van der Waals surface area (Å²) < 4.78 is 10.1. The van der Waals surface area contributed by atoms with E-state index in [1.54, 1.807) is 13.8 Å². The van der Waals surface area contributed by atoms with E-state index >= 15 is 0 Å². The van der Waals surface area contributed by atoms with Crippen molar-refractivity contribution < 1.29 is 19.1 Å². The van der Waals surface area contributed by atoms with Crippen LogP contribution in [0.15, 0.2) is 0 Å². The van der Waals surface area contributed by atoms with Crippen LogP contribution in [0.4, 0.5) is 0 Å². The molecule has 116 valence electrons. The highest BCUT2D eigenvalue weighted by Gasteiger charge is 2.27. The highest BCUT2D eigenvalue weighted by atomic mass is 16.6. The molecule has 0 aliphatic heterocycles. The van der Waals surface area contributed by atoms with Crippen LogP contribution in [0.2, 0.25) is 0 Å². The predicted octanol–water partition coefficient (Wildman–Crippen LogP) is 3.48. The second-order valence-corrected chi connectivity index (χ2v) is 5.53. The van der Waals surface area contributed by atoms with Gasteiger partial charge >= 0.3 is 11.9 Å². The third kappa shape index (κ3) is 5.93. The number of rotatable bonds is 8. The number of hydrogen-bond donors (Lipinski definition) is 0. The first-order valence-electron chi connectivity index (χ1n) is 8.02. The molecule has 0 N–H and O–H groups in total. The summed E-state index contributed by atoms with van der Waals surface area (Å²) in [7, 11) is 0. The second kappa shape index (κ2) is 9.78. The Bertz CT molecular complexity index is 295. The molecule has 1 atom stereocenters. The molecular weight excluding hydrogens is 256 g/mol. The first-order chi connectivity index (χ1) is 9.69. The lowest BCUT2D eigenvalue weighted by Gasteiger charge is -2.21. The maximum Gasteiger partial charge on any atom is 0.320 e. The van der Waals surface area contributed by atoms with Crippen LogP contribution in [-0.2, 0) is 19.1 Å². The molecule has 0 aromatic carbocycles. The van der Waals surface area contributed by atoms with Gasteiger partial charge in [-0.25, -0.2) is 0 Å². The van der Waals surface area contributed by atoms with E-state index < -0.39 is 17.9 Å². The fraction of sp³-hybridized carbons (Fsp3) is 0.875. The molecule has 0 radical (unpaired) electrons. The summed E-state index contributed by atoms with van der Waals surface area (Å²) in [5.74, 6) is -0.860. The molecule has 0 saturated heterocycles. The fourth-order valence-corrected chi connectivity index (χ4v) is 2.79. The van der Waals surface area contributed by atoms with Crippen LogP contribution in [0, 0.1) is 11.8 Å². The lowest BCUT2D eigenvalue weighted by molar-refractivity contribution is -0.162. The molecule has 4 heteroatoms. The Kier molecular flexibility index (Phi) is 8.31. The van der Waals surface area contributed by atoms with Gasteiger partial charge in [-0.2, -0.15) is 0 Å². The van der Waals surface area contributed by atoms with E-state index in [1.807, 2.05) is 0 Å². The second-order valence-electron chi connectivity index (χ2n) is 5.53. The molecule has 1 fully saturated rings. The molecule has 1 aliphatic carbocycles. The summed E-state index contributed by atoms with van der Waals surface area (Å²) in [4.78, 5) is 23.4. The Morgan fingerprint density at radius 1 is 1.05 bits per heavy atom. The van der Waals surface area contributed by atoms with Crippen molar-refractivity contribution in [2.24, 2.45) is 11.8 Å². The highest BCUT2D eigenvalue weighted by Crippen LogP contribution is 2.27. The first-order valence-corrected chi connectivity index (χ1v) is 8.02. The van der Waals surface area contributed by atoms with Gasteiger partial charge in [-0.05, 0) is 32.1 Å². The normalized spacial score (nSPS) is 17.5. The first kappa shape index (κ1) is 17.0. The maximum atomic E-state index is 11.8. The average molecular weight is 284 g/mol. The molecule has 0 bridgehead atoms. The van der Waals surface area contributed by atoms with Crippen LogP contribution in [0.3, 0.4) is 0 Å². The van der Waals surface area contributed by atoms with Crippen LogP contribution in [-0.4, -0.2) is 25.2 Å². The van der Waals surface area contributed by atoms with Crippen molar-refractivity contribution in [3.05, 3.63) is 0 Å². The number of hydrogen-bond acceptors (Lipinski definition) is 4. The van der Waals surface area contributed by atoms with Gasteiger partial charge in [-0.15, -0.1) is 0 Å². The van der Waals surface area contributed by atoms with Gasteiger partial charge in [0.2, 0.25) is 0 Å². The van der Waals surface area contributed by atoms with Gasteiger partial charge in [0.1, 0.15) is 0 Å². The Balaban J connectivity index is 2.18. The van der Waals surface area contributed by atoms with Crippen molar-refractivity contribution >= 4 is 11.9 Å². The summed E-state index contributed by atoms with van der Waals surface area (Å²) in [6.07, 6.45) is 9.13. The van der Waals surface area contributed by atoms with Crippen molar-refractivity contribution in [2.45, 2.75) is 65.2 Å². The highest BCUT2D eigenvalue weighted by molar-refractivity contribution is 5.94. The van der Waals surface area contributed by atoms with E-state index in [0.717, 1.165) is 18.8 Å². The maximum absolute atomic E-state index is 11.8. The van der Waals surface area contributed by atoms with Crippen molar-refractivity contribution in [3.63, 3.8) is 0 Å².